The summed E-state index contributed by atoms with van der Waals surface area (Å²) in [7, 11) is 3.60. The number of hydrogen-bond donors (Lipinski definition) is 0. The Morgan fingerprint density at radius 1 is 1.25 bits per heavy atom. The van der Waals surface area contributed by atoms with Crippen molar-refractivity contribution in [1.82, 2.24) is 9.97 Å². The van der Waals surface area contributed by atoms with Crippen molar-refractivity contribution in [3.63, 3.8) is 0 Å². The molecule has 0 unspecified atom stereocenters. The van der Waals surface area contributed by atoms with Crippen LogP contribution in [0.4, 0.5) is 5.82 Å². The van der Waals surface area contributed by atoms with Crippen LogP contribution < -0.4 is 4.90 Å². The molecule has 0 radical (unpaired) electrons. The number of rotatable bonds is 5. The monoisotopic (exact) mass is 291 g/mol. The van der Waals surface area contributed by atoms with Crippen molar-refractivity contribution in [2.24, 2.45) is 0 Å². The molecule has 0 amide bonds. The first-order valence-electron chi connectivity index (χ1n) is 6.37. The summed E-state index contributed by atoms with van der Waals surface area (Å²) in [5.41, 5.74) is 2.48. The molecule has 20 heavy (non-hydrogen) atoms. The fraction of sp³-hybridized carbons (Fsp3) is 0.333. The van der Waals surface area contributed by atoms with Gasteiger partial charge in [0.2, 0.25) is 0 Å². The normalized spacial score (nSPS) is 10.6. The van der Waals surface area contributed by atoms with Gasteiger partial charge in [-0.3, -0.25) is 0 Å². The minimum absolute atomic E-state index is 0.353. The molecule has 0 spiro atoms. The fourth-order valence-corrected chi connectivity index (χ4v) is 2.20. The summed E-state index contributed by atoms with van der Waals surface area (Å²) in [4.78, 5) is 10.6. The molecule has 5 heteroatoms. The quantitative estimate of drug-likeness (QED) is 0.793. The van der Waals surface area contributed by atoms with Gasteiger partial charge < -0.3 is 9.64 Å². The highest BCUT2D eigenvalue weighted by atomic mass is 35.5. The molecular formula is C15H18ClN3O. The zero-order valence-corrected chi connectivity index (χ0v) is 12.7. The lowest BCUT2D eigenvalue weighted by atomic mass is 10.1. The number of halogens is 1. The molecule has 2 rings (SSSR count). The average molecular weight is 292 g/mol. The van der Waals surface area contributed by atoms with Gasteiger partial charge in [-0.15, -0.1) is 0 Å². The highest BCUT2D eigenvalue weighted by Gasteiger charge is 2.08. The summed E-state index contributed by atoms with van der Waals surface area (Å²) in [6.07, 6.45) is 0. The van der Waals surface area contributed by atoms with E-state index < -0.39 is 0 Å². The average Bonchev–Trinajstić information content (AvgIpc) is 2.38. The fourth-order valence-electron chi connectivity index (χ4n) is 2.01. The number of methoxy groups -OCH3 is 1. The van der Waals surface area contributed by atoms with Crippen LogP contribution in [0.25, 0.3) is 0 Å². The highest BCUT2D eigenvalue weighted by molar-refractivity contribution is 6.29. The summed E-state index contributed by atoms with van der Waals surface area (Å²) in [6, 6.07) is 10.2. The van der Waals surface area contributed by atoms with E-state index in [9.17, 15) is 0 Å². The van der Waals surface area contributed by atoms with E-state index in [0.29, 0.717) is 17.6 Å². The second-order valence-corrected chi connectivity index (χ2v) is 5.13. The van der Waals surface area contributed by atoms with Crippen LogP contribution in [0.3, 0.4) is 0 Å². The molecule has 0 saturated heterocycles. The standard InChI is InChI=1S/C15H18ClN3O/c1-11-5-4-6-12(7-11)9-19(2)15-8-13(16)17-14(18-15)10-20-3/h4-8H,9-10H2,1-3H3. The Hall–Kier alpha value is -1.65. The smallest absolute Gasteiger partial charge is 0.158 e. The van der Waals surface area contributed by atoms with Crippen molar-refractivity contribution >= 4 is 17.4 Å². The van der Waals surface area contributed by atoms with Gasteiger partial charge in [0.15, 0.2) is 5.82 Å². The molecule has 2 aromatic rings. The molecule has 0 aliphatic carbocycles. The Morgan fingerprint density at radius 2 is 2.05 bits per heavy atom. The third kappa shape index (κ3) is 3.92. The molecule has 0 aliphatic rings. The molecule has 0 fully saturated rings. The van der Waals surface area contributed by atoms with E-state index in [0.717, 1.165) is 12.4 Å². The largest absolute Gasteiger partial charge is 0.377 e. The second-order valence-electron chi connectivity index (χ2n) is 4.74. The van der Waals surface area contributed by atoms with Gasteiger partial charge in [0.05, 0.1) is 0 Å². The van der Waals surface area contributed by atoms with Crippen LogP contribution in [0.5, 0.6) is 0 Å². The third-order valence-corrected chi connectivity index (χ3v) is 3.09. The molecule has 0 saturated carbocycles. The van der Waals surface area contributed by atoms with Gasteiger partial charge in [-0.2, -0.15) is 0 Å². The van der Waals surface area contributed by atoms with Crippen LogP contribution in [-0.2, 0) is 17.9 Å². The van der Waals surface area contributed by atoms with Crippen LogP contribution in [0.15, 0.2) is 30.3 Å². The lowest BCUT2D eigenvalue weighted by Crippen LogP contribution is -2.18. The maximum Gasteiger partial charge on any atom is 0.158 e. The zero-order chi connectivity index (χ0) is 14.5. The SMILES string of the molecule is COCc1nc(Cl)cc(N(C)Cc2cccc(C)c2)n1. The first-order valence-corrected chi connectivity index (χ1v) is 6.75. The predicted octanol–water partition coefficient (Wildman–Crippen LogP) is 3.22. The Balaban J connectivity index is 2.18. The van der Waals surface area contributed by atoms with Gasteiger partial charge in [-0.05, 0) is 12.5 Å². The van der Waals surface area contributed by atoms with E-state index in [1.807, 2.05) is 11.9 Å². The second kappa shape index (κ2) is 6.68. The maximum atomic E-state index is 6.02. The molecular weight excluding hydrogens is 274 g/mol. The van der Waals surface area contributed by atoms with Crippen molar-refractivity contribution in [3.8, 4) is 0 Å². The van der Waals surface area contributed by atoms with E-state index in [-0.39, 0.29) is 0 Å². The van der Waals surface area contributed by atoms with Gasteiger partial charge in [0, 0.05) is 26.8 Å². The van der Waals surface area contributed by atoms with Crippen LogP contribution in [0.1, 0.15) is 17.0 Å². The number of aryl methyl sites for hydroxylation is 1. The number of ether oxygens (including phenoxy) is 1. The van der Waals surface area contributed by atoms with E-state index in [4.69, 9.17) is 16.3 Å². The highest BCUT2D eigenvalue weighted by Crippen LogP contribution is 2.18. The molecule has 106 valence electrons. The zero-order valence-electron chi connectivity index (χ0n) is 11.9. The lowest BCUT2D eigenvalue weighted by Gasteiger charge is -2.19. The number of benzene rings is 1. The number of hydrogen-bond acceptors (Lipinski definition) is 4. The molecule has 0 bridgehead atoms. The van der Waals surface area contributed by atoms with Gasteiger partial charge in [0.1, 0.15) is 17.6 Å². The first-order chi connectivity index (χ1) is 9.58. The van der Waals surface area contributed by atoms with Gasteiger partial charge in [-0.1, -0.05) is 41.4 Å². The van der Waals surface area contributed by atoms with E-state index in [2.05, 4.69) is 41.2 Å². The summed E-state index contributed by atoms with van der Waals surface area (Å²) in [5.74, 6) is 1.38. The molecule has 1 aromatic carbocycles. The van der Waals surface area contributed by atoms with Crippen molar-refractivity contribution in [3.05, 3.63) is 52.4 Å². The maximum absolute atomic E-state index is 6.02. The molecule has 1 aromatic heterocycles. The Kier molecular flexibility index (Phi) is 4.93. The predicted molar refractivity (Wildman–Crippen MR) is 81.0 cm³/mol. The van der Waals surface area contributed by atoms with Crippen LogP contribution in [-0.4, -0.2) is 24.1 Å². The van der Waals surface area contributed by atoms with Crippen LogP contribution >= 0.6 is 11.6 Å². The first kappa shape index (κ1) is 14.8. The third-order valence-electron chi connectivity index (χ3n) is 2.89. The van der Waals surface area contributed by atoms with Crippen LogP contribution in [0, 0.1) is 6.92 Å². The molecule has 0 N–H and O–H groups in total. The van der Waals surface area contributed by atoms with Crippen molar-refractivity contribution in [1.29, 1.82) is 0 Å². The molecule has 0 atom stereocenters. The Labute approximate surface area is 124 Å². The lowest BCUT2D eigenvalue weighted by molar-refractivity contribution is 0.178. The van der Waals surface area contributed by atoms with Gasteiger partial charge in [0.25, 0.3) is 0 Å². The molecule has 0 aliphatic heterocycles. The minimum Gasteiger partial charge on any atom is -0.377 e. The molecule has 1 heterocycles. The number of nitrogens with zero attached hydrogens (tertiary/aromatic N) is 3. The summed E-state index contributed by atoms with van der Waals surface area (Å²) in [5, 5.41) is 0.429. The van der Waals surface area contributed by atoms with E-state index in [1.165, 1.54) is 11.1 Å². The summed E-state index contributed by atoms with van der Waals surface area (Å²) in [6.45, 7) is 3.20. The van der Waals surface area contributed by atoms with E-state index >= 15 is 0 Å². The number of aromatic nitrogens is 2. The molecule has 4 nitrogen and oxygen atoms in total. The van der Waals surface area contributed by atoms with Crippen molar-refractivity contribution in [2.45, 2.75) is 20.1 Å². The van der Waals surface area contributed by atoms with Crippen molar-refractivity contribution in [2.75, 3.05) is 19.1 Å². The van der Waals surface area contributed by atoms with Crippen molar-refractivity contribution < 1.29 is 4.74 Å². The topological polar surface area (TPSA) is 38.2 Å². The van der Waals surface area contributed by atoms with Crippen LogP contribution in [0.2, 0.25) is 5.15 Å². The minimum atomic E-state index is 0.353. The number of anilines is 1. The Bertz CT molecular complexity index is 589. The van der Waals surface area contributed by atoms with Gasteiger partial charge in [-0.25, -0.2) is 9.97 Å². The Morgan fingerprint density at radius 3 is 2.75 bits per heavy atom. The van der Waals surface area contributed by atoms with E-state index in [1.54, 1.807) is 13.2 Å². The van der Waals surface area contributed by atoms with Gasteiger partial charge >= 0.3 is 0 Å². The summed E-state index contributed by atoms with van der Waals surface area (Å²) < 4.78 is 5.05. The summed E-state index contributed by atoms with van der Waals surface area (Å²) >= 11 is 6.02.